The Hall–Kier alpha value is -1.42. The first kappa shape index (κ1) is 16.9. The Balaban J connectivity index is 1.78. The molecule has 0 fully saturated rings. The molecule has 1 aromatic carbocycles. The van der Waals surface area contributed by atoms with Gasteiger partial charge in [-0.15, -0.1) is 0 Å². The van der Waals surface area contributed by atoms with Crippen molar-refractivity contribution in [3.63, 3.8) is 0 Å². The van der Waals surface area contributed by atoms with E-state index < -0.39 is 6.10 Å². The molecule has 0 spiro atoms. The van der Waals surface area contributed by atoms with Crippen molar-refractivity contribution >= 4 is 0 Å². The number of fused-ring (bicyclic) bond motifs is 1. The highest BCUT2D eigenvalue weighted by molar-refractivity contribution is 5.50. The lowest BCUT2D eigenvalue weighted by atomic mass is 9.95. The Kier molecular flexibility index (Phi) is 6.37. The van der Waals surface area contributed by atoms with E-state index in [2.05, 4.69) is 6.92 Å². The predicted molar refractivity (Wildman–Crippen MR) is 86.5 cm³/mol. The number of aliphatic hydroxyl groups excluding tert-OH is 1. The number of ether oxygens (including phenoxy) is 1. The number of aliphatic hydroxyl groups is 1. The molecule has 0 aromatic heterocycles. The molecule has 1 heterocycles. The summed E-state index contributed by atoms with van der Waals surface area (Å²) in [5.41, 5.74) is 0.584. The van der Waals surface area contributed by atoms with E-state index in [0.717, 1.165) is 19.3 Å². The average molecular weight is 308 g/mol. The van der Waals surface area contributed by atoms with Gasteiger partial charge in [0.2, 0.25) is 0 Å². The van der Waals surface area contributed by atoms with Crippen LogP contribution in [0.25, 0.3) is 0 Å². The van der Waals surface area contributed by atoms with Gasteiger partial charge >= 0.3 is 0 Å². The maximum atomic E-state index is 10.2. The summed E-state index contributed by atoms with van der Waals surface area (Å²) < 4.78 is 5.78. The van der Waals surface area contributed by atoms with Crippen LogP contribution in [0, 0.1) is 0 Å². The van der Waals surface area contributed by atoms with E-state index in [-0.39, 0.29) is 17.6 Å². The van der Waals surface area contributed by atoms with Gasteiger partial charge < -0.3 is 20.1 Å². The number of hydrogen-bond donors (Lipinski definition) is 3. The highest BCUT2D eigenvalue weighted by Crippen LogP contribution is 2.38. The largest absolute Gasteiger partial charge is 0.508 e. The van der Waals surface area contributed by atoms with Gasteiger partial charge in [-0.25, -0.2) is 0 Å². The van der Waals surface area contributed by atoms with Crippen molar-refractivity contribution in [2.45, 2.75) is 76.9 Å². The first-order chi connectivity index (χ1) is 10.6. The summed E-state index contributed by atoms with van der Waals surface area (Å²) in [7, 11) is 0. The molecule has 0 saturated heterocycles. The van der Waals surface area contributed by atoms with E-state index in [4.69, 9.17) is 4.74 Å². The summed E-state index contributed by atoms with van der Waals surface area (Å²) in [5.74, 6) is 0.474. The van der Waals surface area contributed by atoms with Crippen LogP contribution in [0.1, 0.15) is 63.9 Å². The molecule has 22 heavy (non-hydrogen) atoms. The Morgan fingerprint density at radius 3 is 2.45 bits per heavy atom. The minimum absolute atomic E-state index is 0.0107. The van der Waals surface area contributed by atoms with Crippen LogP contribution in [-0.2, 0) is 6.42 Å². The van der Waals surface area contributed by atoms with Crippen molar-refractivity contribution in [2.24, 2.45) is 0 Å². The molecule has 3 N–H and O–H groups in total. The molecule has 0 amide bonds. The van der Waals surface area contributed by atoms with Crippen LogP contribution < -0.4 is 4.74 Å². The van der Waals surface area contributed by atoms with Gasteiger partial charge in [0.25, 0.3) is 0 Å². The fraction of sp³-hybridized carbons (Fsp3) is 0.667. The average Bonchev–Trinajstić information content (AvgIpc) is 2.47. The lowest BCUT2D eigenvalue weighted by molar-refractivity contribution is 0.0149. The predicted octanol–water partition coefficient (Wildman–Crippen LogP) is 3.90. The van der Waals surface area contributed by atoms with Crippen molar-refractivity contribution in [3.8, 4) is 17.2 Å². The van der Waals surface area contributed by atoms with Crippen molar-refractivity contribution in [1.29, 1.82) is 0 Å². The maximum absolute atomic E-state index is 10.2. The van der Waals surface area contributed by atoms with Gasteiger partial charge in [-0.1, -0.05) is 45.4 Å². The fourth-order valence-corrected chi connectivity index (χ4v) is 3.06. The Bertz CT molecular complexity index is 472. The standard InChI is InChI=1S/C18H28O4/c1-2-3-4-5-6-7-8-9-17-16(21)12-14-15(20)10-13(19)11-18(14)22-17/h10-11,16-17,19-21H,2-9,12H2,1H3/t16-,17-/m1/s1. The van der Waals surface area contributed by atoms with Crippen LogP contribution in [-0.4, -0.2) is 27.5 Å². The number of phenols is 2. The molecule has 0 bridgehead atoms. The quantitative estimate of drug-likeness (QED) is 0.637. The lowest BCUT2D eigenvalue weighted by Gasteiger charge is -2.31. The molecule has 0 radical (unpaired) electrons. The van der Waals surface area contributed by atoms with Crippen molar-refractivity contribution in [1.82, 2.24) is 0 Å². The molecule has 4 nitrogen and oxygen atoms in total. The van der Waals surface area contributed by atoms with Crippen LogP contribution in [0.4, 0.5) is 0 Å². The third-order valence-corrected chi connectivity index (χ3v) is 4.38. The van der Waals surface area contributed by atoms with Crippen molar-refractivity contribution in [3.05, 3.63) is 17.7 Å². The highest BCUT2D eigenvalue weighted by atomic mass is 16.5. The normalized spacial score (nSPS) is 20.5. The van der Waals surface area contributed by atoms with Gasteiger partial charge in [0, 0.05) is 24.1 Å². The summed E-state index contributed by atoms with van der Waals surface area (Å²) >= 11 is 0. The number of aromatic hydroxyl groups is 2. The van der Waals surface area contributed by atoms with Gasteiger partial charge in [-0.2, -0.15) is 0 Å². The van der Waals surface area contributed by atoms with E-state index in [0.29, 0.717) is 17.7 Å². The van der Waals surface area contributed by atoms with E-state index >= 15 is 0 Å². The summed E-state index contributed by atoms with van der Waals surface area (Å²) in [6.07, 6.45) is 8.95. The zero-order valence-electron chi connectivity index (χ0n) is 13.4. The molecule has 2 rings (SSSR count). The molecule has 1 aliphatic heterocycles. The van der Waals surface area contributed by atoms with E-state index in [1.807, 2.05) is 0 Å². The molecule has 4 heteroatoms. The molecule has 1 aromatic rings. The smallest absolute Gasteiger partial charge is 0.130 e. The SMILES string of the molecule is CCCCCCCCC[C@H]1Oc2cc(O)cc(O)c2C[C@H]1O. The summed E-state index contributed by atoms with van der Waals surface area (Å²) in [6.45, 7) is 2.22. The molecule has 0 unspecified atom stereocenters. The number of benzene rings is 1. The van der Waals surface area contributed by atoms with E-state index in [1.165, 1.54) is 44.2 Å². The monoisotopic (exact) mass is 308 g/mol. The van der Waals surface area contributed by atoms with Gasteiger partial charge in [0.15, 0.2) is 0 Å². The van der Waals surface area contributed by atoms with Gasteiger partial charge in [-0.05, 0) is 12.8 Å². The first-order valence-corrected chi connectivity index (χ1v) is 8.51. The van der Waals surface area contributed by atoms with E-state index in [9.17, 15) is 15.3 Å². The molecule has 1 aliphatic rings. The van der Waals surface area contributed by atoms with Crippen LogP contribution in [0.5, 0.6) is 17.2 Å². The molecule has 0 saturated carbocycles. The highest BCUT2D eigenvalue weighted by Gasteiger charge is 2.30. The Morgan fingerprint density at radius 1 is 1.05 bits per heavy atom. The molecule has 124 valence electrons. The third-order valence-electron chi connectivity index (χ3n) is 4.38. The van der Waals surface area contributed by atoms with Crippen molar-refractivity contribution in [2.75, 3.05) is 0 Å². The summed E-state index contributed by atoms with van der Waals surface area (Å²) in [4.78, 5) is 0. The molecular weight excluding hydrogens is 280 g/mol. The second-order valence-electron chi connectivity index (χ2n) is 6.28. The topological polar surface area (TPSA) is 69.9 Å². The molecule has 0 aliphatic carbocycles. The van der Waals surface area contributed by atoms with Gasteiger partial charge in [-0.3, -0.25) is 0 Å². The number of unbranched alkanes of at least 4 members (excludes halogenated alkanes) is 6. The Labute approximate surface area is 132 Å². The molecule has 2 atom stereocenters. The lowest BCUT2D eigenvalue weighted by Crippen LogP contribution is -2.37. The first-order valence-electron chi connectivity index (χ1n) is 8.51. The zero-order chi connectivity index (χ0) is 15.9. The fourth-order valence-electron chi connectivity index (χ4n) is 3.06. The van der Waals surface area contributed by atoms with E-state index in [1.54, 1.807) is 0 Å². The third kappa shape index (κ3) is 4.54. The summed E-state index contributed by atoms with van der Waals surface area (Å²) in [5, 5.41) is 29.5. The van der Waals surface area contributed by atoms with Crippen LogP contribution in [0.3, 0.4) is 0 Å². The minimum atomic E-state index is -0.594. The molecular formula is C18H28O4. The maximum Gasteiger partial charge on any atom is 0.130 e. The number of phenolic OH excluding ortho intramolecular Hbond substituents is 2. The number of hydrogen-bond acceptors (Lipinski definition) is 4. The van der Waals surface area contributed by atoms with Crippen molar-refractivity contribution < 1.29 is 20.1 Å². The van der Waals surface area contributed by atoms with Gasteiger partial charge in [0.05, 0.1) is 6.10 Å². The summed E-state index contributed by atoms with van der Waals surface area (Å²) in [6, 6.07) is 2.80. The zero-order valence-corrected chi connectivity index (χ0v) is 13.4. The van der Waals surface area contributed by atoms with Crippen LogP contribution >= 0.6 is 0 Å². The minimum Gasteiger partial charge on any atom is -0.508 e. The van der Waals surface area contributed by atoms with Crippen LogP contribution in [0.2, 0.25) is 0 Å². The number of rotatable bonds is 8. The van der Waals surface area contributed by atoms with Gasteiger partial charge in [0.1, 0.15) is 23.4 Å². The Morgan fingerprint density at radius 2 is 1.73 bits per heavy atom. The second-order valence-corrected chi connectivity index (χ2v) is 6.28. The van der Waals surface area contributed by atoms with Crippen LogP contribution in [0.15, 0.2) is 12.1 Å². The second kappa shape index (κ2) is 8.28.